The van der Waals surface area contributed by atoms with E-state index in [1.165, 1.54) is 29.5 Å². The summed E-state index contributed by atoms with van der Waals surface area (Å²) in [6.45, 7) is 3.83. The Bertz CT molecular complexity index is 756. The number of halogens is 2. The number of piperazine rings is 1. The Morgan fingerprint density at radius 2 is 1.92 bits per heavy atom. The quantitative estimate of drug-likeness (QED) is 0.846. The van der Waals surface area contributed by atoms with Gasteiger partial charge in [-0.2, -0.15) is 0 Å². The van der Waals surface area contributed by atoms with Gasteiger partial charge in [0.1, 0.15) is 5.82 Å². The van der Waals surface area contributed by atoms with Crippen LogP contribution >= 0.6 is 22.9 Å². The first-order valence-corrected chi connectivity index (χ1v) is 9.59. The second-order valence-corrected chi connectivity index (χ2v) is 7.32. The number of rotatable bonds is 5. The molecule has 0 unspecified atom stereocenters. The molecule has 1 saturated heterocycles. The molecule has 0 bridgehead atoms. The van der Waals surface area contributed by atoms with Crippen LogP contribution in [0.4, 0.5) is 4.39 Å². The molecule has 0 saturated carbocycles. The molecule has 0 radical (unpaired) electrons. The van der Waals surface area contributed by atoms with E-state index in [9.17, 15) is 14.0 Å². The van der Waals surface area contributed by atoms with E-state index in [2.05, 4.69) is 10.2 Å². The Labute approximate surface area is 160 Å². The lowest BCUT2D eigenvalue weighted by Crippen LogP contribution is -2.50. The summed E-state index contributed by atoms with van der Waals surface area (Å²) in [6, 6.07) is 7.88. The smallest absolute Gasteiger partial charge is 0.264 e. The van der Waals surface area contributed by atoms with Gasteiger partial charge in [-0.15, -0.1) is 11.3 Å². The summed E-state index contributed by atoms with van der Waals surface area (Å²) in [5.41, 5.74) is -0.125. The van der Waals surface area contributed by atoms with Gasteiger partial charge in [0.25, 0.3) is 11.8 Å². The molecule has 26 heavy (non-hydrogen) atoms. The van der Waals surface area contributed by atoms with Gasteiger partial charge in [-0.1, -0.05) is 23.7 Å². The van der Waals surface area contributed by atoms with Crippen molar-refractivity contribution in [2.45, 2.75) is 0 Å². The van der Waals surface area contributed by atoms with Gasteiger partial charge in [-0.25, -0.2) is 4.39 Å². The van der Waals surface area contributed by atoms with Gasteiger partial charge >= 0.3 is 0 Å². The van der Waals surface area contributed by atoms with Crippen molar-refractivity contribution < 1.29 is 14.0 Å². The fourth-order valence-electron chi connectivity index (χ4n) is 2.86. The third-order valence-corrected chi connectivity index (χ3v) is 5.47. The maximum Gasteiger partial charge on any atom is 0.264 e. The SMILES string of the molecule is O=C(NCCN1CCN(C(=O)c2cccs2)CC1)c1c(F)cccc1Cl. The Morgan fingerprint density at radius 1 is 1.15 bits per heavy atom. The first-order valence-electron chi connectivity index (χ1n) is 8.33. The van der Waals surface area contributed by atoms with E-state index >= 15 is 0 Å². The second kappa shape index (κ2) is 8.62. The minimum absolute atomic E-state index is 0.0714. The van der Waals surface area contributed by atoms with Crippen LogP contribution in [0.2, 0.25) is 5.02 Å². The average Bonchev–Trinajstić information content (AvgIpc) is 3.16. The minimum Gasteiger partial charge on any atom is -0.351 e. The van der Waals surface area contributed by atoms with Crippen LogP contribution in [0.1, 0.15) is 20.0 Å². The summed E-state index contributed by atoms with van der Waals surface area (Å²) < 4.78 is 13.7. The van der Waals surface area contributed by atoms with Gasteiger partial charge in [-0.05, 0) is 23.6 Å². The molecule has 3 rings (SSSR count). The highest BCUT2D eigenvalue weighted by molar-refractivity contribution is 7.12. The zero-order chi connectivity index (χ0) is 18.5. The van der Waals surface area contributed by atoms with Crippen LogP contribution in [-0.2, 0) is 0 Å². The first kappa shape index (κ1) is 18.8. The van der Waals surface area contributed by atoms with Crippen molar-refractivity contribution in [3.63, 3.8) is 0 Å². The van der Waals surface area contributed by atoms with Crippen LogP contribution in [0, 0.1) is 5.82 Å². The van der Waals surface area contributed by atoms with Crippen LogP contribution < -0.4 is 5.32 Å². The van der Waals surface area contributed by atoms with Gasteiger partial charge in [-0.3, -0.25) is 14.5 Å². The van der Waals surface area contributed by atoms with Crippen LogP contribution in [-0.4, -0.2) is 60.9 Å². The monoisotopic (exact) mass is 395 g/mol. The molecule has 138 valence electrons. The largest absolute Gasteiger partial charge is 0.351 e. The van der Waals surface area contributed by atoms with Crippen LogP contribution in [0.25, 0.3) is 0 Å². The third-order valence-electron chi connectivity index (χ3n) is 4.29. The summed E-state index contributed by atoms with van der Waals surface area (Å²) in [4.78, 5) is 29.2. The Morgan fingerprint density at radius 3 is 2.58 bits per heavy atom. The van der Waals surface area contributed by atoms with Gasteiger partial charge in [0, 0.05) is 39.3 Å². The van der Waals surface area contributed by atoms with Crippen LogP contribution in [0.3, 0.4) is 0 Å². The average molecular weight is 396 g/mol. The zero-order valence-electron chi connectivity index (χ0n) is 14.1. The maximum absolute atomic E-state index is 13.7. The van der Waals surface area contributed by atoms with E-state index in [0.717, 1.165) is 18.0 Å². The highest BCUT2D eigenvalue weighted by Gasteiger charge is 2.22. The van der Waals surface area contributed by atoms with E-state index in [1.54, 1.807) is 0 Å². The molecule has 1 aliphatic rings. The van der Waals surface area contributed by atoms with Crippen molar-refractivity contribution in [1.29, 1.82) is 0 Å². The topological polar surface area (TPSA) is 52.7 Å². The lowest BCUT2D eigenvalue weighted by molar-refractivity contribution is 0.0643. The summed E-state index contributed by atoms with van der Waals surface area (Å²) in [6.07, 6.45) is 0. The lowest BCUT2D eigenvalue weighted by Gasteiger charge is -2.34. The summed E-state index contributed by atoms with van der Waals surface area (Å²) >= 11 is 7.34. The van der Waals surface area contributed by atoms with E-state index in [1.807, 2.05) is 22.4 Å². The number of nitrogens with one attached hydrogen (secondary N) is 1. The Kier molecular flexibility index (Phi) is 6.24. The van der Waals surface area contributed by atoms with Gasteiger partial charge in [0.2, 0.25) is 0 Å². The van der Waals surface area contributed by atoms with E-state index in [0.29, 0.717) is 26.2 Å². The van der Waals surface area contributed by atoms with Crippen LogP contribution in [0.15, 0.2) is 35.7 Å². The van der Waals surface area contributed by atoms with Crippen molar-refractivity contribution in [3.8, 4) is 0 Å². The molecule has 0 spiro atoms. The van der Waals surface area contributed by atoms with Crippen molar-refractivity contribution in [2.24, 2.45) is 0 Å². The molecule has 5 nitrogen and oxygen atoms in total. The number of carbonyl (C=O) groups excluding carboxylic acids is 2. The maximum atomic E-state index is 13.7. The number of carbonyl (C=O) groups is 2. The molecular formula is C18H19ClFN3O2S. The van der Waals surface area contributed by atoms with E-state index in [4.69, 9.17) is 11.6 Å². The second-order valence-electron chi connectivity index (χ2n) is 5.96. The predicted molar refractivity (Wildman–Crippen MR) is 100 cm³/mol. The minimum atomic E-state index is -0.629. The number of amides is 2. The molecule has 1 N–H and O–H groups in total. The highest BCUT2D eigenvalue weighted by atomic mass is 35.5. The van der Waals surface area contributed by atoms with Crippen molar-refractivity contribution in [3.05, 3.63) is 57.0 Å². The molecule has 1 aliphatic heterocycles. The van der Waals surface area contributed by atoms with Crippen molar-refractivity contribution in [1.82, 2.24) is 15.1 Å². The molecule has 8 heteroatoms. The molecule has 1 aromatic heterocycles. The number of nitrogens with zero attached hydrogens (tertiary/aromatic N) is 2. The summed E-state index contributed by atoms with van der Waals surface area (Å²) in [7, 11) is 0. The zero-order valence-corrected chi connectivity index (χ0v) is 15.7. The fraction of sp³-hybridized carbons (Fsp3) is 0.333. The van der Waals surface area contributed by atoms with Gasteiger partial charge in [0.15, 0.2) is 0 Å². The van der Waals surface area contributed by atoms with E-state index in [-0.39, 0.29) is 16.5 Å². The molecule has 2 amide bonds. The molecule has 2 aromatic rings. The lowest BCUT2D eigenvalue weighted by atomic mass is 10.2. The summed E-state index contributed by atoms with van der Waals surface area (Å²) in [5.74, 6) is -1.07. The fourth-order valence-corrected chi connectivity index (χ4v) is 3.80. The Hall–Kier alpha value is -1.96. The highest BCUT2D eigenvalue weighted by Crippen LogP contribution is 2.18. The number of thiophene rings is 1. The van der Waals surface area contributed by atoms with Crippen molar-refractivity contribution >= 4 is 34.8 Å². The summed E-state index contributed by atoms with van der Waals surface area (Å²) in [5, 5.41) is 4.70. The predicted octanol–water partition coefficient (Wildman–Crippen LogP) is 2.73. The molecular weight excluding hydrogens is 377 g/mol. The normalized spacial score (nSPS) is 15.1. The number of hydrogen-bond donors (Lipinski definition) is 1. The van der Waals surface area contributed by atoms with E-state index < -0.39 is 11.7 Å². The Balaban J connectivity index is 1.43. The van der Waals surface area contributed by atoms with Crippen LogP contribution in [0.5, 0.6) is 0 Å². The molecule has 1 aromatic carbocycles. The van der Waals surface area contributed by atoms with Gasteiger partial charge < -0.3 is 10.2 Å². The molecule has 2 heterocycles. The standard InChI is InChI=1S/C18H19ClFN3O2S/c19-13-3-1-4-14(20)16(13)17(24)21-6-7-22-8-10-23(11-9-22)18(25)15-5-2-12-26-15/h1-5,12H,6-11H2,(H,21,24). The first-order chi connectivity index (χ1) is 12.6. The molecule has 1 fully saturated rings. The van der Waals surface area contributed by atoms with Gasteiger partial charge in [0.05, 0.1) is 15.5 Å². The third kappa shape index (κ3) is 4.41. The van der Waals surface area contributed by atoms with Crippen molar-refractivity contribution in [2.75, 3.05) is 39.3 Å². The number of benzene rings is 1. The number of hydrogen-bond acceptors (Lipinski definition) is 4. The molecule has 0 aliphatic carbocycles. The molecule has 0 atom stereocenters.